The Kier molecular flexibility index (Phi) is 4.38. The number of rotatable bonds is 4. The summed E-state index contributed by atoms with van der Waals surface area (Å²) in [5.41, 5.74) is 3.01. The summed E-state index contributed by atoms with van der Waals surface area (Å²) in [6.07, 6.45) is 5.24. The first-order valence-corrected chi connectivity index (χ1v) is 7.50. The van der Waals surface area contributed by atoms with E-state index >= 15 is 0 Å². The molecular formula is C17H27NO. The Balaban J connectivity index is 2.02. The molecule has 2 heteroatoms. The molecule has 1 fully saturated rings. The average Bonchev–Trinajstić information content (AvgIpc) is 2.32. The molecule has 0 aromatic heterocycles. The van der Waals surface area contributed by atoms with E-state index in [9.17, 15) is 0 Å². The molecule has 0 aliphatic heterocycles. The van der Waals surface area contributed by atoms with Gasteiger partial charge in [-0.1, -0.05) is 20.3 Å². The predicted molar refractivity (Wildman–Crippen MR) is 82.0 cm³/mol. The van der Waals surface area contributed by atoms with Crippen LogP contribution in [0.3, 0.4) is 0 Å². The zero-order valence-electron chi connectivity index (χ0n) is 12.8. The predicted octanol–water partition coefficient (Wildman–Crippen LogP) is 4.77. The van der Waals surface area contributed by atoms with Crippen LogP contribution in [-0.2, 0) is 0 Å². The fourth-order valence-corrected chi connectivity index (χ4v) is 3.10. The van der Waals surface area contributed by atoms with Crippen molar-refractivity contribution in [2.24, 2.45) is 5.41 Å². The lowest BCUT2D eigenvalue weighted by Gasteiger charge is -2.36. The Morgan fingerprint density at radius 3 is 2.79 bits per heavy atom. The summed E-state index contributed by atoms with van der Waals surface area (Å²) < 4.78 is 5.54. The minimum atomic E-state index is 0.481. The van der Waals surface area contributed by atoms with Gasteiger partial charge in [-0.15, -0.1) is 0 Å². The van der Waals surface area contributed by atoms with Crippen LogP contribution in [0.5, 0.6) is 5.75 Å². The molecule has 1 aromatic rings. The molecule has 1 N–H and O–H groups in total. The second-order valence-electron chi connectivity index (χ2n) is 6.51. The minimum absolute atomic E-state index is 0.481. The molecule has 0 bridgehead atoms. The van der Waals surface area contributed by atoms with Gasteiger partial charge >= 0.3 is 0 Å². The second kappa shape index (κ2) is 5.85. The number of ether oxygens (including phenoxy) is 1. The van der Waals surface area contributed by atoms with E-state index in [0.717, 1.165) is 12.4 Å². The van der Waals surface area contributed by atoms with Crippen molar-refractivity contribution in [3.63, 3.8) is 0 Å². The van der Waals surface area contributed by atoms with Crippen LogP contribution in [0.4, 0.5) is 5.69 Å². The topological polar surface area (TPSA) is 21.3 Å². The lowest BCUT2D eigenvalue weighted by molar-refractivity contribution is 0.229. The van der Waals surface area contributed by atoms with Crippen LogP contribution in [0.2, 0.25) is 0 Å². The van der Waals surface area contributed by atoms with Gasteiger partial charge in [-0.05, 0) is 62.3 Å². The maximum Gasteiger partial charge on any atom is 0.119 e. The monoisotopic (exact) mass is 261 g/mol. The van der Waals surface area contributed by atoms with Gasteiger partial charge in [-0.3, -0.25) is 0 Å². The van der Waals surface area contributed by atoms with Crippen LogP contribution in [0.15, 0.2) is 18.2 Å². The molecule has 1 aliphatic carbocycles. The van der Waals surface area contributed by atoms with E-state index in [2.05, 4.69) is 44.3 Å². The average molecular weight is 261 g/mol. The fourth-order valence-electron chi connectivity index (χ4n) is 3.10. The molecule has 0 radical (unpaired) electrons. The van der Waals surface area contributed by atoms with E-state index in [-0.39, 0.29) is 0 Å². The summed E-state index contributed by atoms with van der Waals surface area (Å²) in [5.74, 6) is 0.967. The van der Waals surface area contributed by atoms with Crippen molar-refractivity contribution in [2.45, 2.75) is 59.4 Å². The summed E-state index contributed by atoms with van der Waals surface area (Å²) in [7, 11) is 0. The molecule has 1 atom stereocenters. The van der Waals surface area contributed by atoms with Crippen molar-refractivity contribution >= 4 is 5.69 Å². The Morgan fingerprint density at radius 1 is 1.37 bits per heavy atom. The van der Waals surface area contributed by atoms with Gasteiger partial charge in [0.1, 0.15) is 5.75 Å². The van der Waals surface area contributed by atoms with Gasteiger partial charge in [-0.25, -0.2) is 0 Å². The highest BCUT2D eigenvalue weighted by molar-refractivity contribution is 5.54. The van der Waals surface area contributed by atoms with Crippen molar-refractivity contribution in [3.8, 4) is 5.75 Å². The molecule has 1 aromatic carbocycles. The number of anilines is 1. The molecule has 0 spiro atoms. The first-order chi connectivity index (χ1) is 9.00. The van der Waals surface area contributed by atoms with Crippen molar-refractivity contribution in [3.05, 3.63) is 23.8 Å². The van der Waals surface area contributed by atoms with E-state index in [1.54, 1.807) is 0 Å². The van der Waals surface area contributed by atoms with Crippen LogP contribution < -0.4 is 10.1 Å². The summed E-state index contributed by atoms with van der Waals surface area (Å²) in [5, 5.41) is 3.72. The highest BCUT2D eigenvalue weighted by Crippen LogP contribution is 2.36. The second-order valence-corrected chi connectivity index (χ2v) is 6.51. The van der Waals surface area contributed by atoms with Gasteiger partial charge in [0, 0.05) is 11.7 Å². The van der Waals surface area contributed by atoms with Crippen molar-refractivity contribution in [1.82, 2.24) is 0 Å². The van der Waals surface area contributed by atoms with Crippen LogP contribution in [0.25, 0.3) is 0 Å². The Hall–Kier alpha value is -1.18. The van der Waals surface area contributed by atoms with Crippen molar-refractivity contribution in [1.29, 1.82) is 0 Å². The summed E-state index contributed by atoms with van der Waals surface area (Å²) >= 11 is 0. The van der Waals surface area contributed by atoms with Crippen molar-refractivity contribution in [2.75, 3.05) is 11.9 Å². The van der Waals surface area contributed by atoms with E-state index in [1.165, 1.54) is 36.9 Å². The van der Waals surface area contributed by atoms with E-state index in [4.69, 9.17) is 4.74 Å². The molecule has 1 aliphatic rings. The minimum Gasteiger partial charge on any atom is -0.494 e. The Bertz CT molecular complexity index is 425. The molecule has 106 valence electrons. The van der Waals surface area contributed by atoms with Crippen molar-refractivity contribution < 1.29 is 4.74 Å². The van der Waals surface area contributed by atoms with Gasteiger partial charge in [0.15, 0.2) is 0 Å². The Labute approximate surface area is 117 Å². The zero-order valence-corrected chi connectivity index (χ0v) is 12.8. The Morgan fingerprint density at radius 2 is 2.16 bits per heavy atom. The van der Waals surface area contributed by atoms with Crippen LogP contribution >= 0.6 is 0 Å². The standard InChI is InChI=1S/C17H27NO/c1-5-19-15-8-9-16(13(2)11-15)18-14-7-6-10-17(3,4)12-14/h8-9,11,14,18H,5-7,10,12H2,1-4H3. The third-order valence-corrected chi connectivity index (χ3v) is 4.07. The van der Waals surface area contributed by atoms with Gasteiger partial charge in [-0.2, -0.15) is 0 Å². The summed E-state index contributed by atoms with van der Waals surface area (Å²) in [4.78, 5) is 0. The third kappa shape index (κ3) is 3.89. The maximum absolute atomic E-state index is 5.54. The van der Waals surface area contributed by atoms with Crippen LogP contribution in [0.1, 0.15) is 52.0 Å². The largest absolute Gasteiger partial charge is 0.494 e. The zero-order chi connectivity index (χ0) is 13.9. The number of hydrogen-bond donors (Lipinski definition) is 1. The van der Waals surface area contributed by atoms with E-state index < -0.39 is 0 Å². The molecule has 0 saturated heterocycles. The molecule has 0 amide bonds. The molecule has 2 nitrogen and oxygen atoms in total. The first-order valence-electron chi connectivity index (χ1n) is 7.50. The lowest BCUT2D eigenvalue weighted by atomic mass is 9.75. The molecule has 2 rings (SSSR count). The first kappa shape index (κ1) is 14.2. The molecule has 1 saturated carbocycles. The molecule has 1 unspecified atom stereocenters. The number of benzene rings is 1. The lowest BCUT2D eigenvalue weighted by Crippen LogP contribution is -2.31. The van der Waals surface area contributed by atoms with Gasteiger partial charge in [0.05, 0.1) is 6.61 Å². The van der Waals surface area contributed by atoms with Crippen LogP contribution in [-0.4, -0.2) is 12.6 Å². The number of aryl methyl sites for hydroxylation is 1. The molecule has 19 heavy (non-hydrogen) atoms. The quantitative estimate of drug-likeness (QED) is 0.842. The summed E-state index contributed by atoms with van der Waals surface area (Å²) in [6, 6.07) is 6.95. The van der Waals surface area contributed by atoms with E-state index in [0.29, 0.717) is 11.5 Å². The molecule has 0 heterocycles. The van der Waals surface area contributed by atoms with Crippen LogP contribution in [0, 0.1) is 12.3 Å². The smallest absolute Gasteiger partial charge is 0.119 e. The molecular weight excluding hydrogens is 234 g/mol. The van der Waals surface area contributed by atoms with Gasteiger partial charge in [0.25, 0.3) is 0 Å². The number of nitrogens with one attached hydrogen (secondary N) is 1. The number of hydrogen-bond acceptors (Lipinski definition) is 2. The van der Waals surface area contributed by atoms with E-state index in [1.807, 2.05) is 6.92 Å². The highest BCUT2D eigenvalue weighted by Gasteiger charge is 2.27. The fraction of sp³-hybridized carbons (Fsp3) is 0.647. The van der Waals surface area contributed by atoms with Gasteiger partial charge in [0.2, 0.25) is 0 Å². The summed E-state index contributed by atoms with van der Waals surface area (Å²) in [6.45, 7) is 9.66. The maximum atomic E-state index is 5.54. The highest BCUT2D eigenvalue weighted by atomic mass is 16.5. The van der Waals surface area contributed by atoms with Gasteiger partial charge < -0.3 is 10.1 Å². The SMILES string of the molecule is CCOc1ccc(NC2CCCC(C)(C)C2)c(C)c1. The normalized spacial score (nSPS) is 22.0. The third-order valence-electron chi connectivity index (χ3n) is 4.07.